The first-order chi connectivity index (χ1) is 14.7. The Balaban J connectivity index is 1.37. The van der Waals surface area contributed by atoms with Gasteiger partial charge in [0.15, 0.2) is 5.96 Å². The quantitative estimate of drug-likeness (QED) is 0.362. The van der Waals surface area contributed by atoms with E-state index in [-0.39, 0.29) is 0 Å². The van der Waals surface area contributed by atoms with Crippen LogP contribution in [0.3, 0.4) is 0 Å². The van der Waals surface area contributed by atoms with E-state index in [4.69, 9.17) is 4.99 Å². The molecule has 2 N–H and O–H groups in total. The van der Waals surface area contributed by atoms with Gasteiger partial charge < -0.3 is 15.5 Å². The van der Waals surface area contributed by atoms with E-state index in [1.165, 1.54) is 4.90 Å². The maximum absolute atomic E-state index is 4.77. The Morgan fingerprint density at radius 3 is 2.50 bits per heavy atom. The third-order valence-electron chi connectivity index (χ3n) is 4.86. The van der Waals surface area contributed by atoms with Crippen molar-refractivity contribution in [2.24, 2.45) is 4.99 Å². The molecule has 1 fully saturated rings. The smallest absolute Gasteiger partial charge is 0.225 e. The third kappa shape index (κ3) is 7.50. The Labute approximate surface area is 184 Å². The monoisotopic (exact) mass is 427 g/mol. The van der Waals surface area contributed by atoms with Crippen LogP contribution in [-0.4, -0.2) is 78.4 Å². The summed E-state index contributed by atoms with van der Waals surface area (Å²) in [6, 6.07) is 12.4. The zero-order valence-corrected chi connectivity index (χ0v) is 18.8. The summed E-state index contributed by atoms with van der Waals surface area (Å²) in [4.78, 5) is 19.5. The minimum Gasteiger partial charge on any atom is -0.357 e. The molecule has 1 saturated heterocycles. The number of aliphatic imine (C=N–C) groups is 1. The summed E-state index contributed by atoms with van der Waals surface area (Å²) in [6.07, 6.45) is 3.61. The zero-order chi connectivity index (χ0) is 21.0. The van der Waals surface area contributed by atoms with E-state index in [1.54, 1.807) is 12.4 Å². The molecule has 1 aliphatic heterocycles. The summed E-state index contributed by atoms with van der Waals surface area (Å²) in [6.45, 7) is 11.8. The summed E-state index contributed by atoms with van der Waals surface area (Å²) in [5.74, 6) is 1.73. The number of nitrogens with one attached hydrogen (secondary N) is 2. The molecule has 1 aromatic heterocycles. The first-order valence-electron chi connectivity index (χ1n) is 10.7. The van der Waals surface area contributed by atoms with Gasteiger partial charge in [-0.1, -0.05) is 25.1 Å². The van der Waals surface area contributed by atoms with Crippen LogP contribution in [0.4, 0.5) is 5.95 Å². The van der Waals surface area contributed by atoms with Crippen molar-refractivity contribution >= 4 is 23.7 Å². The standard InChI is InChI=1S/C22H33N7S/c1-3-23-21(27-18-19(2)30-20-8-5-4-6-9-20)24-12-13-28-14-16-29(17-15-28)22-25-10-7-11-26-22/h4-11,19H,3,12-18H2,1-2H3,(H2,23,24,27). The van der Waals surface area contributed by atoms with Crippen LogP contribution in [0.1, 0.15) is 13.8 Å². The van der Waals surface area contributed by atoms with Gasteiger partial charge in [-0.15, -0.1) is 11.8 Å². The highest BCUT2D eigenvalue weighted by Crippen LogP contribution is 2.22. The van der Waals surface area contributed by atoms with Crippen molar-refractivity contribution in [2.45, 2.75) is 24.0 Å². The Morgan fingerprint density at radius 2 is 1.80 bits per heavy atom. The first-order valence-corrected chi connectivity index (χ1v) is 11.6. The van der Waals surface area contributed by atoms with E-state index in [1.807, 2.05) is 17.8 Å². The summed E-state index contributed by atoms with van der Waals surface area (Å²) < 4.78 is 0. The second kappa shape index (κ2) is 12.4. The Morgan fingerprint density at radius 1 is 1.07 bits per heavy atom. The van der Waals surface area contributed by atoms with Gasteiger partial charge in [0.25, 0.3) is 0 Å². The molecule has 1 aliphatic rings. The van der Waals surface area contributed by atoms with Crippen molar-refractivity contribution in [2.75, 3.05) is 57.3 Å². The summed E-state index contributed by atoms with van der Waals surface area (Å²) >= 11 is 1.86. The fourth-order valence-corrected chi connectivity index (χ4v) is 4.22. The molecule has 0 aliphatic carbocycles. The topological polar surface area (TPSA) is 68.7 Å². The van der Waals surface area contributed by atoms with Crippen LogP contribution in [0.15, 0.2) is 58.7 Å². The van der Waals surface area contributed by atoms with Gasteiger partial charge in [-0.25, -0.2) is 9.97 Å². The number of nitrogens with zero attached hydrogens (tertiary/aromatic N) is 5. The van der Waals surface area contributed by atoms with Crippen LogP contribution >= 0.6 is 11.8 Å². The minimum atomic E-state index is 0.427. The molecule has 0 bridgehead atoms. The summed E-state index contributed by atoms with van der Waals surface area (Å²) in [7, 11) is 0. The Kier molecular flexibility index (Phi) is 9.24. The van der Waals surface area contributed by atoms with Crippen LogP contribution < -0.4 is 15.5 Å². The molecule has 1 atom stereocenters. The molecule has 8 heteroatoms. The number of benzene rings is 1. The summed E-state index contributed by atoms with van der Waals surface area (Å²) in [5.41, 5.74) is 0. The van der Waals surface area contributed by atoms with E-state index >= 15 is 0 Å². The van der Waals surface area contributed by atoms with Crippen LogP contribution in [0, 0.1) is 0 Å². The van der Waals surface area contributed by atoms with Gasteiger partial charge in [0.1, 0.15) is 0 Å². The summed E-state index contributed by atoms with van der Waals surface area (Å²) in [5, 5.41) is 7.26. The van der Waals surface area contributed by atoms with Gasteiger partial charge in [0.2, 0.25) is 5.95 Å². The second-order valence-corrected chi connectivity index (χ2v) is 8.78. The van der Waals surface area contributed by atoms with Crippen molar-refractivity contribution in [3.05, 3.63) is 48.8 Å². The molecule has 30 heavy (non-hydrogen) atoms. The number of rotatable bonds is 9. The number of hydrogen-bond donors (Lipinski definition) is 2. The van der Waals surface area contributed by atoms with E-state index in [9.17, 15) is 0 Å². The van der Waals surface area contributed by atoms with Crippen LogP contribution in [0.2, 0.25) is 0 Å². The van der Waals surface area contributed by atoms with Crippen molar-refractivity contribution < 1.29 is 0 Å². The average molecular weight is 428 g/mol. The van der Waals surface area contributed by atoms with Crippen molar-refractivity contribution in [3.8, 4) is 0 Å². The molecule has 0 radical (unpaired) electrons. The number of anilines is 1. The highest BCUT2D eigenvalue weighted by molar-refractivity contribution is 8.00. The lowest BCUT2D eigenvalue weighted by atomic mass is 10.3. The maximum Gasteiger partial charge on any atom is 0.225 e. The van der Waals surface area contributed by atoms with Gasteiger partial charge in [-0.05, 0) is 25.1 Å². The minimum absolute atomic E-state index is 0.427. The number of thioether (sulfide) groups is 1. The Bertz CT molecular complexity index is 749. The molecule has 0 saturated carbocycles. The van der Waals surface area contributed by atoms with Crippen molar-refractivity contribution in [1.29, 1.82) is 0 Å². The van der Waals surface area contributed by atoms with Crippen LogP contribution in [-0.2, 0) is 0 Å². The second-order valence-electron chi connectivity index (χ2n) is 7.27. The number of piperazine rings is 1. The number of guanidine groups is 1. The molecule has 2 heterocycles. The predicted molar refractivity (Wildman–Crippen MR) is 126 cm³/mol. The molecular formula is C22H33N7S. The maximum atomic E-state index is 4.77. The lowest BCUT2D eigenvalue weighted by Gasteiger charge is -2.34. The third-order valence-corrected chi connectivity index (χ3v) is 5.95. The van der Waals surface area contributed by atoms with Gasteiger partial charge in [-0.2, -0.15) is 0 Å². The molecular weight excluding hydrogens is 394 g/mol. The van der Waals surface area contributed by atoms with E-state index in [0.717, 1.165) is 64.3 Å². The lowest BCUT2D eigenvalue weighted by Crippen LogP contribution is -2.49. The van der Waals surface area contributed by atoms with Gasteiger partial charge in [0.05, 0.1) is 6.54 Å². The number of hydrogen-bond acceptors (Lipinski definition) is 6. The average Bonchev–Trinajstić information content (AvgIpc) is 2.79. The molecule has 0 amide bonds. The molecule has 3 rings (SSSR count). The molecule has 2 aromatic rings. The van der Waals surface area contributed by atoms with Crippen molar-refractivity contribution in [1.82, 2.24) is 25.5 Å². The van der Waals surface area contributed by atoms with E-state index in [0.29, 0.717) is 5.25 Å². The molecule has 1 aromatic carbocycles. The first kappa shape index (κ1) is 22.4. The normalized spacial score (nSPS) is 16.3. The largest absolute Gasteiger partial charge is 0.357 e. The van der Waals surface area contributed by atoms with Crippen LogP contribution in [0.25, 0.3) is 0 Å². The molecule has 7 nitrogen and oxygen atoms in total. The molecule has 0 spiro atoms. The lowest BCUT2D eigenvalue weighted by molar-refractivity contribution is 0.260. The van der Waals surface area contributed by atoms with Crippen LogP contribution in [0.5, 0.6) is 0 Å². The highest BCUT2D eigenvalue weighted by atomic mass is 32.2. The molecule has 1 unspecified atom stereocenters. The van der Waals surface area contributed by atoms with Gasteiger partial charge >= 0.3 is 0 Å². The van der Waals surface area contributed by atoms with E-state index in [2.05, 4.69) is 74.6 Å². The van der Waals surface area contributed by atoms with Gasteiger partial charge in [-0.3, -0.25) is 9.89 Å². The van der Waals surface area contributed by atoms with Gasteiger partial charge in [0, 0.05) is 68.4 Å². The SMILES string of the molecule is CCNC(=NCC(C)Sc1ccccc1)NCCN1CCN(c2ncccn2)CC1. The fourth-order valence-electron chi connectivity index (χ4n) is 3.29. The molecule has 162 valence electrons. The fraction of sp³-hybridized carbons (Fsp3) is 0.500. The zero-order valence-electron chi connectivity index (χ0n) is 18.0. The van der Waals surface area contributed by atoms with Crippen molar-refractivity contribution in [3.63, 3.8) is 0 Å². The Hall–Kier alpha value is -2.32. The van der Waals surface area contributed by atoms with E-state index < -0.39 is 0 Å². The number of aromatic nitrogens is 2. The predicted octanol–water partition coefficient (Wildman–Crippen LogP) is 2.33. The highest BCUT2D eigenvalue weighted by Gasteiger charge is 2.18.